The zero-order valence-corrected chi connectivity index (χ0v) is 8.87. The number of ether oxygens (including phenoxy) is 1. The smallest absolute Gasteiger partial charge is 0.219 e. The Morgan fingerprint density at radius 1 is 1.64 bits per heavy atom. The van der Waals surface area contributed by atoms with Crippen LogP contribution in [0.4, 0.5) is 0 Å². The minimum absolute atomic E-state index is 0.162. The first kappa shape index (κ1) is 11.5. The number of nitrogens with zero attached hydrogens (tertiary/aromatic N) is 1. The average Bonchev–Trinajstić information content (AvgIpc) is 2.60. The normalized spacial score (nSPS) is 21.6. The summed E-state index contributed by atoms with van der Waals surface area (Å²) in [6.07, 6.45) is 3.07. The maximum Gasteiger partial charge on any atom is 0.219 e. The van der Waals surface area contributed by atoms with Gasteiger partial charge in [0.15, 0.2) is 0 Å². The number of likely N-dealkylation sites (tertiary alicyclic amines) is 1. The molecule has 0 saturated carbocycles. The first-order chi connectivity index (χ1) is 6.75. The van der Waals surface area contributed by atoms with Crippen LogP contribution in [-0.4, -0.2) is 43.2 Å². The van der Waals surface area contributed by atoms with E-state index in [-0.39, 0.29) is 5.91 Å². The van der Waals surface area contributed by atoms with Crippen LogP contribution in [0.5, 0.6) is 0 Å². The molecule has 0 aliphatic carbocycles. The van der Waals surface area contributed by atoms with Crippen LogP contribution in [0, 0.1) is 0 Å². The minimum atomic E-state index is 0.162. The van der Waals surface area contributed by atoms with Crippen LogP contribution in [0.3, 0.4) is 0 Å². The van der Waals surface area contributed by atoms with Gasteiger partial charge in [0.25, 0.3) is 0 Å². The molecule has 0 bridgehead atoms. The second-order valence-corrected chi connectivity index (χ2v) is 3.73. The van der Waals surface area contributed by atoms with E-state index in [1.807, 2.05) is 4.90 Å². The number of amides is 1. The van der Waals surface area contributed by atoms with Crippen LogP contribution in [0.1, 0.15) is 26.2 Å². The van der Waals surface area contributed by atoms with Crippen LogP contribution in [-0.2, 0) is 9.53 Å². The molecule has 1 unspecified atom stereocenters. The summed E-state index contributed by atoms with van der Waals surface area (Å²) in [7, 11) is 0. The molecule has 0 spiro atoms. The van der Waals surface area contributed by atoms with E-state index in [9.17, 15) is 4.79 Å². The molecule has 1 aliphatic rings. The van der Waals surface area contributed by atoms with Gasteiger partial charge in [-0.05, 0) is 25.8 Å². The lowest BCUT2D eigenvalue weighted by molar-refractivity contribution is -0.130. The SMILES string of the molecule is CC(=O)N1CCCC1COCCCN. The molecule has 1 saturated heterocycles. The Bertz CT molecular complexity index is 185. The van der Waals surface area contributed by atoms with Crippen LogP contribution >= 0.6 is 0 Å². The fourth-order valence-corrected chi connectivity index (χ4v) is 1.83. The third-order valence-corrected chi connectivity index (χ3v) is 2.58. The molecule has 1 rings (SSSR count). The lowest BCUT2D eigenvalue weighted by atomic mass is 10.2. The summed E-state index contributed by atoms with van der Waals surface area (Å²) >= 11 is 0. The van der Waals surface area contributed by atoms with Gasteiger partial charge in [-0.2, -0.15) is 0 Å². The van der Waals surface area contributed by atoms with E-state index in [1.165, 1.54) is 0 Å². The van der Waals surface area contributed by atoms with Crippen LogP contribution in [0.25, 0.3) is 0 Å². The van der Waals surface area contributed by atoms with Gasteiger partial charge in [0.1, 0.15) is 0 Å². The highest BCUT2D eigenvalue weighted by Crippen LogP contribution is 2.17. The van der Waals surface area contributed by atoms with E-state index in [1.54, 1.807) is 6.92 Å². The van der Waals surface area contributed by atoms with Crippen molar-refractivity contribution in [2.75, 3.05) is 26.3 Å². The molecule has 0 aromatic rings. The van der Waals surface area contributed by atoms with Gasteiger partial charge in [0.2, 0.25) is 5.91 Å². The molecule has 2 N–H and O–H groups in total. The Hall–Kier alpha value is -0.610. The van der Waals surface area contributed by atoms with Crippen molar-refractivity contribution in [2.45, 2.75) is 32.2 Å². The molecule has 0 aromatic heterocycles. The third kappa shape index (κ3) is 3.27. The molecule has 4 nitrogen and oxygen atoms in total. The highest BCUT2D eigenvalue weighted by atomic mass is 16.5. The van der Waals surface area contributed by atoms with Crippen LogP contribution in [0.2, 0.25) is 0 Å². The maximum absolute atomic E-state index is 11.2. The predicted molar refractivity (Wildman–Crippen MR) is 54.9 cm³/mol. The molecular formula is C10H20N2O2. The number of carbonyl (C=O) groups excluding carboxylic acids is 1. The first-order valence-corrected chi connectivity index (χ1v) is 5.30. The van der Waals surface area contributed by atoms with Crippen molar-refractivity contribution >= 4 is 5.91 Å². The van der Waals surface area contributed by atoms with Crippen molar-refractivity contribution in [3.63, 3.8) is 0 Å². The van der Waals surface area contributed by atoms with Gasteiger partial charge in [-0.15, -0.1) is 0 Å². The van der Waals surface area contributed by atoms with Crippen molar-refractivity contribution in [3.05, 3.63) is 0 Å². The van der Waals surface area contributed by atoms with Crippen molar-refractivity contribution in [1.82, 2.24) is 4.90 Å². The van der Waals surface area contributed by atoms with Gasteiger partial charge < -0.3 is 15.4 Å². The molecular weight excluding hydrogens is 180 g/mol. The second-order valence-electron chi connectivity index (χ2n) is 3.73. The predicted octanol–water partition coefficient (Wildman–Crippen LogP) is 0.363. The van der Waals surface area contributed by atoms with E-state index in [2.05, 4.69) is 0 Å². The molecule has 14 heavy (non-hydrogen) atoms. The largest absolute Gasteiger partial charge is 0.379 e. The Morgan fingerprint density at radius 3 is 3.07 bits per heavy atom. The number of rotatable bonds is 5. The Morgan fingerprint density at radius 2 is 2.43 bits per heavy atom. The highest BCUT2D eigenvalue weighted by Gasteiger charge is 2.26. The Labute approximate surface area is 85.4 Å². The second kappa shape index (κ2) is 5.98. The number of hydrogen-bond donors (Lipinski definition) is 1. The van der Waals surface area contributed by atoms with Gasteiger partial charge in [0, 0.05) is 20.1 Å². The average molecular weight is 200 g/mol. The molecule has 4 heteroatoms. The summed E-state index contributed by atoms with van der Waals surface area (Å²) in [5, 5.41) is 0. The zero-order chi connectivity index (χ0) is 10.4. The van der Waals surface area contributed by atoms with Crippen molar-refractivity contribution in [3.8, 4) is 0 Å². The summed E-state index contributed by atoms with van der Waals surface area (Å²) in [5.74, 6) is 0.162. The fourth-order valence-electron chi connectivity index (χ4n) is 1.83. The molecule has 0 aromatic carbocycles. The molecule has 1 aliphatic heterocycles. The summed E-state index contributed by atoms with van der Waals surface area (Å²) in [4.78, 5) is 13.1. The standard InChI is InChI=1S/C10H20N2O2/c1-9(13)12-6-2-4-10(12)8-14-7-3-5-11/h10H,2-8,11H2,1H3. The summed E-state index contributed by atoms with van der Waals surface area (Å²) in [6.45, 7) is 4.55. The van der Waals surface area contributed by atoms with E-state index < -0.39 is 0 Å². The molecule has 1 fully saturated rings. The van der Waals surface area contributed by atoms with Crippen molar-refractivity contribution in [2.24, 2.45) is 5.73 Å². The highest BCUT2D eigenvalue weighted by molar-refractivity contribution is 5.73. The third-order valence-electron chi connectivity index (χ3n) is 2.58. The van der Waals surface area contributed by atoms with Gasteiger partial charge in [0.05, 0.1) is 12.6 Å². The van der Waals surface area contributed by atoms with E-state index in [4.69, 9.17) is 10.5 Å². The molecule has 0 radical (unpaired) electrons. The lowest BCUT2D eigenvalue weighted by Gasteiger charge is -2.22. The maximum atomic E-state index is 11.2. The number of hydrogen-bond acceptors (Lipinski definition) is 3. The fraction of sp³-hybridized carbons (Fsp3) is 0.900. The number of nitrogens with two attached hydrogens (primary N) is 1. The lowest BCUT2D eigenvalue weighted by Crippen LogP contribution is -2.36. The van der Waals surface area contributed by atoms with Gasteiger partial charge in [-0.3, -0.25) is 4.79 Å². The van der Waals surface area contributed by atoms with Crippen LogP contribution in [0.15, 0.2) is 0 Å². The molecule has 1 heterocycles. The molecule has 82 valence electrons. The Kier molecular flexibility index (Phi) is 4.90. The zero-order valence-electron chi connectivity index (χ0n) is 8.87. The Balaban J connectivity index is 2.19. The topological polar surface area (TPSA) is 55.6 Å². The minimum Gasteiger partial charge on any atom is -0.379 e. The van der Waals surface area contributed by atoms with E-state index in [0.717, 1.165) is 25.8 Å². The van der Waals surface area contributed by atoms with E-state index in [0.29, 0.717) is 25.8 Å². The quantitative estimate of drug-likeness (QED) is 0.652. The first-order valence-electron chi connectivity index (χ1n) is 5.30. The van der Waals surface area contributed by atoms with E-state index >= 15 is 0 Å². The van der Waals surface area contributed by atoms with Crippen LogP contribution < -0.4 is 5.73 Å². The summed E-state index contributed by atoms with van der Waals surface area (Å²) in [5.41, 5.74) is 5.35. The van der Waals surface area contributed by atoms with Gasteiger partial charge >= 0.3 is 0 Å². The molecule has 1 atom stereocenters. The van der Waals surface area contributed by atoms with Crippen molar-refractivity contribution in [1.29, 1.82) is 0 Å². The molecule has 1 amide bonds. The summed E-state index contributed by atoms with van der Waals surface area (Å²) in [6, 6.07) is 0.297. The number of carbonyl (C=O) groups is 1. The summed E-state index contributed by atoms with van der Waals surface area (Å²) < 4.78 is 5.46. The van der Waals surface area contributed by atoms with Crippen molar-refractivity contribution < 1.29 is 9.53 Å². The van der Waals surface area contributed by atoms with Gasteiger partial charge in [-0.25, -0.2) is 0 Å². The monoisotopic (exact) mass is 200 g/mol. The van der Waals surface area contributed by atoms with Gasteiger partial charge in [-0.1, -0.05) is 0 Å².